The molecule has 1 N–H and O–H groups in total. The SMILES string of the molecule is CCNCc1ccnc(N2CCC(C)(C)CC2)c1F. The number of pyridine rings is 1. The van der Waals surface area contributed by atoms with Gasteiger partial charge in [0.15, 0.2) is 11.6 Å². The van der Waals surface area contributed by atoms with E-state index < -0.39 is 0 Å². The van der Waals surface area contributed by atoms with E-state index in [-0.39, 0.29) is 5.82 Å². The lowest BCUT2D eigenvalue weighted by atomic mass is 9.83. The lowest BCUT2D eigenvalue weighted by Crippen LogP contribution is -2.38. The highest BCUT2D eigenvalue weighted by molar-refractivity contribution is 5.43. The highest BCUT2D eigenvalue weighted by atomic mass is 19.1. The lowest BCUT2D eigenvalue weighted by molar-refractivity contribution is 0.278. The number of piperidine rings is 1. The number of hydrogen-bond acceptors (Lipinski definition) is 3. The summed E-state index contributed by atoms with van der Waals surface area (Å²) >= 11 is 0. The number of rotatable bonds is 4. The maximum Gasteiger partial charge on any atom is 0.170 e. The molecule has 2 heterocycles. The van der Waals surface area contributed by atoms with Gasteiger partial charge in [-0.1, -0.05) is 20.8 Å². The van der Waals surface area contributed by atoms with Crippen molar-refractivity contribution in [1.29, 1.82) is 0 Å². The van der Waals surface area contributed by atoms with Crippen LogP contribution in [0.2, 0.25) is 0 Å². The number of halogens is 1. The quantitative estimate of drug-likeness (QED) is 0.907. The van der Waals surface area contributed by atoms with Gasteiger partial charge in [0.05, 0.1) is 0 Å². The molecule has 0 unspecified atom stereocenters. The molecule has 1 saturated heterocycles. The van der Waals surface area contributed by atoms with Crippen molar-refractivity contribution >= 4 is 5.82 Å². The van der Waals surface area contributed by atoms with Crippen molar-refractivity contribution in [3.05, 3.63) is 23.6 Å². The van der Waals surface area contributed by atoms with E-state index >= 15 is 0 Å². The van der Waals surface area contributed by atoms with E-state index in [9.17, 15) is 4.39 Å². The van der Waals surface area contributed by atoms with Crippen LogP contribution in [-0.2, 0) is 6.54 Å². The molecule has 0 bridgehead atoms. The van der Waals surface area contributed by atoms with Crippen LogP contribution in [0.25, 0.3) is 0 Å². The molecule has 0 atom stereocenters. The van der Waals surface area contributed by atoms with Crippen LogP contribution in [0.4, 0.5) is 10.2 Å². The highest BCUT2D eigenvalue weighted by Gasteiger charge is 2.27. The molecule has 2 rings (SSSR count). The molecule has 0 aromatic carbocycles. The van der Waals surface area contributed by atoms with Gasteiger partial charge < -0.3 is 10.2 Å². The molecule has 0 spiro atoms. The van der Waals surface area contributed by atoms with E-state index in [1.807, 2.05) is 6.92 Å². The third kappa shape index (κ3) is 3.44. The van der Waals surface area contributed by atoms with Crippen LogP contribution in [0.15, 0.2) is 12.3 Å². The second-order valence-corrected chi connectivity index (χ2v) is 6.04. The molecular formula is C15H24FN3. The van der Waals surface area contributed by atoms with Crippen LogP contribution < -0.4 is 10.2 Å². The molecule has 3 nitrogen and oxygen atoms in total. The van der Waals surface area contributed by atoms with Crippen molar-refractivity contribution < 1.29 is 4.39 Å². The van der Waals surface area contributed by atoms with Gasteiger partial charge in [0.1, 0.15) is 0 Å². The average molecular weight is 265 g/mol. The molecule has 1 fully saturated rings. The third-order valence-corrected chi connectivity index (χ3v) is 3.93. The minimum atomic E-state index is -0.164. The molecule has 0 amide bonds. The summed E-state index contributed by atoms with van der Waals surface area (Å²) in [5.41, 5.74) is 1.07. The van der Waals surface area contributed by atoms with Crippen LogP contribution in [0, 0.1) is 11.2 Å². The zero-order valence-electron chi connectivity index (χ0n) is 12.2. The van der Waals surface area contributed by atoms with Crippen molar-refractivity contribution in [1.82, 2.24) is 10.3 Å². The molecule has 19 heavy (non-hydrogen) atoms. The van der Waals surface area contributed by atoms with E-state index in [2.05, 4.69) is 29.0 Å². The molecule has 0 radical (unpaired) electrons. The first-order valence-electron chi connectivity index (χ1n) is 7.12. The third-order valence-electron chi connectivity index (χ3n) is 3.93. The van der Waals surface area contributed by atoms with Crippen LogP contribution >= 0.6 is 0 Å². The standard InChI is InChI=1S/C15H24FN3/c1-4-17-11-12-5-8-18-14(13(12)16)19-9-6-15(2,3)7-10-19/h5,8,17H,4,6-7,9-11H2,1-3H3. The fourth-order valence-corrected chi connectivity index (χ4v) is 2.41. The van der Waals surface area contributed by atoms with Gasteiger partial charge >= 0.3 is 0 Å². The number of aromatic nitrogens is 1. The first-order valence-corrected chi connectivity index (χ1v) is 7.12. The maximum absolute atomic E-state index is 14.4. The van der Waals surface area contributed by atoms with Gasteiger partial charge in [0.25, 0.3) is 0 Å². The summed E-state index contributed by atoms with van der Waals surface area (Å²) in [4.78, 5) is 6.32. The van der Waals surface area contributed by atoms with Crippen molar-refractivity contribution in [2.75, 3.05) is 24.5 Å². The summed E-state index contributed by atoms with van der Waals surface area (Å²) in [6.45, 7) is 9.76. The molecular weight excluding hydrogens is 241 g/mol. The number of nitrogens with zero attached hydrogens (tertiary/aromatic N) is 2. The van der Waals surface area contributed by atoms with E-state index in [0.29, 0.717) is 23.3 Å². The zero-order valence-corrected chi connectivity index (χ0v) is 12.2. The molecule has 4 heteroatoms. The van der Waals surface area contributed by atoms with Gasteiger partial charge in [-0.05, 0) is 30.9 Å². The van der Waals surface area contributed by atoms with E-state index in [4.69, 9.17) is 0 Å². The number of nitrogens with one attached hydrogen (secondary N) is 1. The van der Waals surface area contributed by atoms with Crippen LogP contribution in [-0.4, -0.2) is 24.6 Å². The van der Waals surface area contributed by atoms with E-state index in [1.165, 1.54) is 0 Å². The van der Waals surface area contributed by atoms with Gasteiger partial charge in [-0.3, -0.25) is 0 Å². The topological polar surface area (TPSA) is 28.2 Å². The van der Waals surface area contributed by atoms with Crippen molar-refractivity contribution in [2.24, 2.45) is 5.41 Å². The molecule has 0 aliphatic carbocycles. The smallest absolute Gasteiger partial charge is 0.170 e. The molecule has 0 saturated carbocycles. The average Bonchev–Trinajstić information content (AvgIpc) is 2.38. The highest BCUT2D eigenvalue weighted by Crippen LogP contribution is 2.32. The molecule has 1 aromatic heterocycles. The van der Waals surface area contributed by atoms with Crippen LogP contribution in [0.3, 0.4) is 0 Å². The molecule has 1 aliphatic heterocycles. The predicted molar refractivity (Wildman–Crippen MR) is 76.8 cm³/mol. The Morgan fingerprint density at radius 3 is 2.68 bits per heavy atom. The lowest BCUT2D eigenvalue weighted by Gasteiger charge is -2.37. The Morgan fingerprint density at radius 2 is 2.05 bits per heavy atom. The van der Waals surface area contributed by atoms with Crippen molar-refractivity contribution in [2.45, 2.75) is 40.2 Å². The summed E-state index contributed by atoms with van der Waals surface area (Å²) in [5.74, 6) is 0.356. The Balaban J connectivity index is 2.12. The first-order chi connectivity index (χ1) is 9.03. The Kier molecular flexibility index (Phi) is 4.40. The Morgan fingerprint density at radius 1 is 1.37 bits per heavy atom. The van der Waals surface area contributed by atoms with Gasteiger partial charge in [0.2, 0.25) is 0 Å². The van der Waals surface area contributed by atoms with Gasteiger partial charge in [0, 0.05) is 31.4 Å². The Hall–Kier alpha value is -1.16. The van der Waals surface area contributed by atoms with E-state index in [0.717, 1.165) is 32.5 Å². The van der Waals surface area contributed by atoms with Gasteiger partial charge in [-0.25, -0.2) is 9.37 Å². The molecule has 1 aliphatic rings. The van der Waals surface area contributed by atoms with Crippen LogP contribution in [0.1, 0.15) is 39.2 Å². The number of hydrogen-bond donors (Lipinski definition) is 1. The van der Waals surface area contributed by atoms with E-state index in [1.54, 1.807) is 12.3 Å². The van der Waals surface area contributed by atoms with Gasteiger partial charge in [-0.2, -0.15) is 0 Å². The Labute approximate surface area is 115 Å². The zero-order chi connectivity index (χ0) is 13.9. The fraction of sp³-hybridized carbons (Fsp3) is 0.667. The van der Waals surface area contributed by atoms with Crippen LogP contribution in [0.5, 0.6) is 0 Å². The van der Waals surface area contributed by atoms with Gasteiger partial charge in [-0.15, -0.1) is 0 Å². The fourth-order valence-electron chi connectivity index (χ4n) is 2.41. The van der Waals surface area contributed by atoms with Crippen molar-refractivity contribution in [3.63, 3.8) is 0 Å². The minimum absolute atomic E-state index is 0.164. The summed E-state index contributed by atoms with van der Waals surface area (Å²) < 4.78 is 14.4. The second kappa shape index (κ2) is 5.87. The minimum Gasteiger partial charge on any atom is -0.354 e. The first kappa shape index (κ1) is 14.3. The largest absolute Gasteiger partial charge is 0.354 e. The summed E-state index contributed by atoms with van der Waals surface area (Å²) in [7, 11) is 0. The monoisotopic (exact) mass is 265 g/mol. The predicted octanol–water partition coefficient (Wildman–Crippen LogP) is 2.96. The summed E-state index contributed by atoms with van der Waals surface area (Å²) in [6, 6.07) is 1.76. The second-order valence-electron chi connectivity index (χ2n) is 6.04. The summed E-state index contributed by atoms with van der Waals surface area (Å²) in [6.07, 6.45) is 3.89. The Bertz CT molecular complexity index is 421. The normalized spacial score (nSPS) is 18.6. The number of anilines is 1. The van der Waals surface area contributed by atoms with Crippen molar-refractivity contribution in [3.8, 4) is 0 Å². The molecule has 1 aromatic rings. The maximum atomic E-state index is 14.4. The summed E-state index contributed by atoms with van der Waals surface area (Å²) in [5, 5.41) is 3.16. The molecule has 106 valence electrons.